The Morgan fingerprint density at radius 1 is 0.171 bits per heavy atom. The summed E-state index contributed by atoms with van der Waals surface area (Å²) in [6.45, 7) is 27.1. The van der Waals surface area contributed by atoms with Crippen molar-refractivity contribution < 1.29 is 0 Å². The van der Waals surface area contributed by atoms with E-state index in [9.17, 15) is 0 Å². The summed E-state index contributed by atoms with van der Waals surface area (Å²) >= 11 is 0. The van der Waals surface area contributed by atoms with E-state index in [0.29, 0.717) is 0 Å². The second kappa shape index (κ2) is 15.0. The summed E-state index contributed by atoms with van der Waals surface area (Å²) in [4.78, 5) is 0. The lowest BCUT2D eigenvalue weighted by Gasteiger charge is -2.16. The predicted octanol–water partition coefficient (Wildman–Crippen LogP) is 20.2. The molecule has 0 fully saturated rings. The van der Waals surface area contributed by atoms with E-state index in [4.69, 9.17) is 0 Å². The fourth-order valence-electron chi connectivity index (χ4n) is 14.1. The van der Waals surface area contributed by atoms with Crippen LogP contribution < -0.4 is 0 Å². The third kappa shape index (κ3) is 6.08. The molecule has 0 saturated heterocycles. The molecular weight excluding hydrogens is 841 g/mol. The molecule has 0 aliphatic carbocycles. The molecule has 0 aliphatic heterocycles. The van der Waals surface area contributed by atoms with Crippen molar-refractivity contribution in [1.82, 2.24) is 0 Å². The average Bonchev–Trinajstić information content (AvgIpc) is 3.77. The van der Waals surface area contributed by atoms with Crippen LogP contribution in [0.1, 0.15) is 66.8 Å². The van der Waals surface area contributed by atoms with Gasteiger partial charge in [0.2, 0.25) is 0 Å². The zero-order valence-corrected chi connectivity index (χ0v) is 42.7. The normalized spacial score (nSPS) is 12.3. The maximum absolute atomic E-state index is 2.55. The van der Waals surface area contributed by atoms with E-state index in [1.807, 2.05) is 0 Å². The topological polar surface area (TPSA) is 0 Å². The van der Waals surface area contributed by atoms with E-state index in [2.05, 4.69) is 217 Å². The van der Waals surface area contributed by atoms with E-state index >= 15 is 0 Å². The van der Waals surface area contributed by atoms with Crippen molar-refractivity contribution in [3.8, 4) is 44.5 Å². The molecule has 338 valence electrons. The molecule has 0 unspecified atom stereocenters. The van der Waals surface area contributed by atoms with Gasteiger partial charge in [0.25, 0.3) is 0 Å². The molecule has 0 spiro atoms. The molecule has 0 radical (unpaired) electrons. The minimum atomic E-state index is 1.28. The number of fused-ring (bicyclic) bond motifs is 11. The van der Waals surface area contributed by atoms with Gasteiger partial charge in [-0.2, -0.15) is 0 Å². The highest BCUT2D eigenvalue weighted by Crippen LogP contribution is 2.51. The van der Waals surface area contributed by atoms with Crippen molar-refractivity contribution in [3.63, 3.8) is 0 Å². The lowest BCUT2D eigenvalue weighted by Crippen LogP contribution is -1.92. The standard InChI is InChI=1S/C70H58/c1-35-19-39(5)65(40(6)20-35)47-13-15-51-55(27-47)61-31-49(67-43(9)23-37(3)24-44(67)10)29-59-53-17-18-54-58(57(53)33-63(51)69(59)61)34-64-52-16-14-48(66-41(7)21-36(2)22-42(66)8)28-56(52)62-32-50(30-60(54)70(62)64)68-45(11)25-38(4)26-46(68)12/h13-34H,1-12H3. The zero-order chi connectivity index (χ0) is 48.3. The lowest BCUT2D eigenvalue weighted by molar-refractivity contribution is 1.32. The van der Waals surface area contributed by atoms with E-state index in [0.717, 1.165) is 0 Å². The molecule has 13 aromatic carbocycles. The zero-order valence-electron chi connectivity index (χ0n) is 42.7. The molecule has 13 aromatic rings. The number of aryl methyl sites for hydroxylation is 12. The highest BCUT2D eigenvalue weighted by molar-refractivity contribution is 6.41. The van der Waals surface area contributed by atoms with Crippen molar-refractivity contribution in [2.45, 2.75) is 83.1 Å². The summed E-state index contributed by atoms with van der Waals surface area (Å²) in [5.41, 5.74) is 26.3. The Hall–Kier alpha value is -7.54. The van der Waals surface area contributed by atoms with Gasteiger partial charge in [-0.3, -0.25) is 0 Å². The summed E-state index contributed by atoms with van der Waals surface area (Å²) in [5.74, 6) is 0. The van der Waals surface area contributed by atoms with Crippen LogP contribution in [0.3, 0.4) is 0 Å². The van der Waals surface area contributed by atoms with Gasteiger partial charge in [-0.25, -0.2) is 0 Å². The summed E-state index contributed by atoms with van der Waals surface area (Å²) in [5, 5.41) is 21.2. The summed E-state index contributed by atoms with van der Waals surface area (Å²) in [6.07, 6.45) is 0. The maximum atomic E-state index is 2.55. The third-order valence-electron chi connectivity index (χ3n) is 16.3. The van der Waals surface area contributed by atoms with Crippen LogP contribution in [0, 0.1) is 83.1 Å². The van der Waals surface area contributed by atoms with Crippen molar-refractivity contribution in [2.75, 3.05) is 0 Å². The third-order valence-corrected chi connectivity index (χ3v) is 16.3. The number of benzene rings is 11. The summed E-state index contributed by atoms with van der Waals surface area (Å²) in [6, 6.07) is 53.4. The van der Waals surface area contributed by atoms with Crippen LogP contribution in [0.4, 0.5) is 0 Å². The molecule has 0 bridgehead atoms. The Morgan fingerprint density at radius 2 is 0.371 bits per heavy atom. The first-order valence-corrected chi connectivity index (χ1v) is 25.2. The van der Waals surface area contributed by atoms with Crippen LogP contribution in [0.5, 0.6) is 0 Å². The second-order valence-electron chi connectivity index (χ2n) is 21.6. The Labute approximate surface area is 411 Å². The van der Waals surface area contributed by atoms with Crippen molar-refractivity contribution >= 4 is 86.2 Å². The van der Waals surface area contributed by atoms with E-state index < -0.39 is 0 Å². The Kier molecular flexibility index (Phi) is 9.11. The van der Waals surface area contributed by atoms with Gasteiger partial charge in [-0.1, -0.05) is 107 Å². The van der Waals surface area contributed by atoms with Gasteiger partial charge in [-0.05, 0) is 307 Å². The van der Waals surface area contributed by atoms with Gasteiger partial charge >= 0.3 is 0 Å². The molecule has 0 heterocycles. The minimum absolute atomic E-state index is 1.28. The molecule has 0 aromatic heterocycles. The summed E-state index contributed by atoms with van der Waals surface area (Å²) < 4.78 is 0. The summed E-state index contributed by atoms with van der Waals surface area (Å²) in [7, 11) is 0. The first-order chi connectivity index (χ1) is 33.6. The molecular formula is C70H58. The van der Waals surface area contributed by atoms with Crippen LogP contribution in [0.25, 0.3) is 131 Å². The van der Waals surface area contributed by atoms with Crippen molar-refractivity contribution in [3.05, 3.63) is 200 Å². The maximum Gasteiger partial charge on any atom is -0.00195 e. The van der Waals surface area contributed by atoms with E-state index in [1.54, 1.807) is 0 Å². The van der Waals surface area contributed by atoms with Gasteiger partial charge in [0, 0.05) is 0 Å². The minimum Gasteiger partial charge on any atom is -0.0557 e. The monoisotopic (exact) mass is 898 g/mol. The molecule has 0 atom stereocenters. The van der Waals surface area contributed by atoms with E-state index in [1.165, 1.54) is 197 Å². The number of rotatable bonds is 4. The fourth-order valence-corrected chi connectivity index (χ4v) is 14.1. The number of hydrogen-bond donors (Lipinski definition) is 0. The highest BCUT2D eigenvalue weighted by atomic mass is 14.3. The molecule has 0 aliphatic rings. The molecule has 0 heteroatoms. The van der Waals surface area contributed by atoms with Crippen molar-refractivity contribution in [2.24, 2.45) is 0 Å². The molecule has 70 heavy (non-hydrogen) atoms. The fraction of sp³-hybridized carbons (Fsp3) is 0.171. The van der Waals surface area contributed by atoms with Crippen molar-refractivity contribution in [1.29, 1.82) is 0 Å². The first kappa shape index (κ1) is 42.6. The molecule has 13 rings (SSSR count). The largest absolute Gasteiger partial charge is 0.0557 e. The van der Waals surface area contributed by atoms with Crippen LogP contribution in [0.2, 0.25) is 0 Å². The first-order valence-electron chi connectivity index (χ1n) is 25.2. The lowest BCUT2D eigenvalue weighted by atomic mass is 9.87. The van der Waals surface area contributed by atoms with Crippen LogP contribution >= 0.6 is 0 Å². The van der Waals surface area contributed by atoms with Gasteiger partial charge in [-0.15, -0.1) is 0 Å². The van der Waals surface area contributed by atoms with E-state index in [-0.39, 0.29) is 0 Å². The van der Waals surface area contributed by atoms with Gasteiger partial charge < -0.3 is 0 Å². The SMILES string of the molecule is Cc1cc(C)c(-c2ccc3c(c2)c2cc(-c4c(C)cc(C)cc4C)cc4c5ccc6c(cc7c8ccc(-c9c(C)cc(C)cc9C)cc8c8cc(-c9c(C)cc(C)cc9C)cc6c87)c5cc3c42)c(C)c1. The quantitative estimate of drug-likeness (QED) is 0.154. The van der Waals surface area contributed by atoms with Crippen LogP contribution in [0.15, 0.2) is 133 Å². The molecule has 0 saturated carbocycles. The van der Waals surface area contributed by atoms with Crippen LogP contribution in [-0.4, -0.2) is 0 Å². The smallest absolute Gasteiger partial charge is 0.00195 e. The van der Waals surface area contributed by atoms with Gasteiger partial charge in [0.05, 0.1) is 0 Å². The average molecular weight is 899 g/mol. The molecule has 0 N–H and O–H groups in total. The van der Waals surface area contributed by atoms with Crippen LogP contribution in [-0.2, 0) is 0 Å². The Morgan fingerprint density at radius 3 is 0.657 bits per heavy atom. The predicted molar refractivity (Wildman–Crippen MR) is 307 cm³/mol. The number of hydrogen-bond acceptors (Lipinski definition) is 0. The molecule has 0 nitrogen and oxygen atoms in total. The van der Waals surface area contributed by atoms with Gasteiger partial charge in [0.15, 0.2) is 0 Å². The Balaban J connectivity index is 1.18. The molecule has 0 amide bonds. The Bertz CT molecular complexity index is 4070. The highest BCUT2D eigenvalue weighted by Gasteiger charge is 2.23. The van der Waals surface area contributed by atoms with Gasteiger partial charge in [0.1, 0.15) is 0 Å². The second-order valence-corrected chi connectivity index (χ2v) is 21.6.